The minimum Gasteiger partial charge on any atom is -0.387 e. The van der Waals surface area contributed by atoms with E-state index in [2.05, 4.69) is 25.1 Å². The lowest BCUT2D eigenvalue weighted by molar-refractivity contribution is -0.0497. The number of aliphatic hydroxyl groups is 1. The molecule has 0 saturated carbocycles. The molecule has 2 N–H and O–H groups in total. The molecule has 0 radical (unpaired) electrons. The van der Waals surface area contributed by atoms with Crippen molar-refractivity contribution in [1.29, 1.82) is 0 Å². The Balaban J connectivity index is 2.25. The van der Waals surface area contributed by atoms with Gasteiger partial charge in [0.1, 0.15) is 12.2 Å². The van der Waals surface area contributed by atoms with Gasteiger partial charge in [0.2, 0.25) is 0 Å². The lowest BCUT2D eigenvalue weighted by atomic mass is 10.2. The number of aromatic nitrogens is 2. The quantitative estimate of drug-likeness (QED) is 0.483. The number of halogens is 1. The highest BCUT2D eigenvalue weighted by Gasteiger charge is 2.44. The third-order valence-electron chi connectivity index (χ3n) is 3.15. The molecule has 0 amide bonds. The number of ether oxygens (including phenoxy) is 1. The topological polar surface area (TPSA) is 128 Å². The highest BCUT2D eigenvalue weighted by Crippen LogP contribution is 2.33. The Hall–Kier alpha value is -1.01. The normalized spacial score (nSPS) is 28.9. The van der Waals surface area contributed by atoms with E-state index in [1.165, 1.54) is 13.1 Å². The molecule has 0 bridgehead atoms. The predicted molar refractivity (Wildman–Crippen MR) is 79.5 cm³/mol. The van der Waals surface area contributed by atoms with Crippen LogP contribution >= 0.6 is 15.9 Å². The number of aryl methyl sites for hydroxylation is 1. The number of nitrogens with one attached hydrogen (secondary N) is 1. The van der Waals surface area contributed by atoms with Crippen LogP contribution in [0.4, 0.5) is 0 Å². The fraction of sp³-hybridized carbons (Fsp3) is 0.636. The number of rotatable bonds is 4. The zero-order valence-electron chi connectivity index (χ0n) is 11.7. The molecule has 22 heavy (non-hydrogen) atoms. The second-order valence-corrected chi connectivity index (χ2v) is 7.67. The van der Waals surface area contributed by atoms with Crippen LogP contribution < -0.4 is 11.2 Å². The van der Waals surface area contributed by atoms with Gasteiger partial charge in [0.05, 0.1) is 17.7 Å². The first kappa shape index (κ1) is 17.3. The minimum atomic E-state index is -3.65. The van der Waals surface area contributed by atoms with Crippen LogP contribution in [0.25, 0.3) is 0 Å². The summed E-state index contributed by atoms with van der Waals surface area (Å²) in [4.78, 5) is 24.7. The first-order valence-electron chi connectivity index (χ1n) is 6.24. The Bertz CT molecular complexity index is 771. The first-order valence-corrected chi connectivity index (χ1v) is 8.97. The fourth-order valence-electron chi connectivity index (χ4n) is 2.04. The van der Waals surface area contributed by atoms with Gasteiger partial charge in [-0.15, -0.1) is 0 Å². The van der Waals surface area contributed by atoms with Gasteiger partial charge in [0.15, 0.2) is 6.23 Å². The van der Waals surface area contributed by atoms with E-state index in [-0.39, 0.29) is 12.2 Å². The molecule has 1 aromatic rings. The SMILES string of the molecule is Cc1cn([C@@H]2O[C@H](COS(C)(=O)=O)[C@@H](Br)[C@@H]2O)c(=O)[nH]c1=O. The van der Waals surface area contributed by atoms with E-state index in [1.807, 2.05) is 0 Å². The number of nitrogens with zero attached hydrogens (tertiary/aromatic N) is 1. The number of hydrogen-bond acceptors (Lipinski definition) is 7. The van der Waals surface area contributed by atoms with Crippen LogP contribution in [0, 0.1) is 6.92 Å². The van der Waals surface area contributed by atoms with Crippen molar-refractivity contribution in [3.8, 4) is 0 Å². The Morgan fingerprint density at radius 2 is 2.14 bits per heavy atom. The van der Waals surface area contributed by atoms with Gasteiger partial charge in [-0.05, 0) is 6.92 Å². The lowest BCUT2D eigenvalue weighted by Crippen LogP contribution is -2.37. The minimum absolute atomic E-state index is 0.275. The molecule has 1 fully saturated rings. The van der Waals surface area contributed by atoms with Crippen molar-refractivity contribution >= 4 is 26.0 Å². The maximum atomic E-state index is 11.8. The maximum absolute atomic E-state index is 11.8. The van der Waals surface area contributed by atoms with Gasteiger partial charge in [-0.3, -0.25) is 18.5 Å². The van der Waals surface area contributed by atoms with Crippen LogP contribution in [0.15, 0.2) is 15.8 Å². The van der Waals surface area contributed by atoms with Gasteiger partial charge in [-0.1, -0.05) is 15.9 Å². The van der Waals surface area contributed by atoms with E-state index in [9.17, 15) is 23.1 Å². The molecule has 124 valence electrons. The van der Waals surface area contributed by atoms with Crippen LogP contribution in [0.3, 0.4) is 0 Å². The van der Waals surface area contributed by atoms with Gasteiger partial charge < -0.3 is 9.84 Å². The van der Waals surface area contributed by atoms with Crippen molar-refractivity contribution in [1.82, 2.24) is 9.55 Å². The monoisotopic (exact) mass is 398 g/mol. The molecule has 9 nitrogen and oxygen atoms in total. The fourth-order valence-corrected chi connectivity index (χ4v) is 2.96. The molecular weight excluding hydrogens is 384 g/mol. The Morgan fingerprint density at radius 3 is 2.73 bits per heavy atom. The predicted octanol–water partition coefficient (Wildman–Crippen LogP) is -1.16. The molecule has 0 aliphatic carbocycles. The van der Waals surface area contributed by atoms with Crippen LogP contribution in [0.2, 0.25) is 0 Å². The molecule has 1 aliphatic rings. The van der Waals surface area contributed by atoms with Gasteiger partial charge in [-0.2, -0.15) is 8.42 Å². The van der Waals surface area contributed by atoms with E-state index < -0.39 is 44.6 Å². The molecule has 2 rings (SSSR count). The summed E-state index contributed by atoms with van der Waals surface area (Å²) in [7, 11) is -3.65. The Morgan fingerprint density at radius 1 is 1.50 bits per heavy atom. The zero-order valence-corrected chi connectivity index (χ0v) is 14.1. The number of hydrogen-bond donors (Lipinski definition) is 2. The summed E-state index contributed by atoms with van der Waals surface area (Å²) in [5.74, 6) is 0. The first-order chi connectivity index (χ1) is 10.1. The molecule has 2 heterocycles. The molecule has 0 aromatic carbocycles. The summed E-state index contributed by atoms with van der Waals surface area (Å²) in [5, 5.41) is 10.2. The van der Waals surface area contributed by atoms with Gasteiger partial charge in [0.25, 0.3) is 15.7 Å². The average Bonchev–Trinajstić information content (AvgIpc) is 2.68. The number of aliphatic hydroxyl groups excluding tert-OH is 1. The second-order valence-electron chi connectivity index (χ2n) is 4.97. The van der Waals surface area contributed by atoms with Crippen LogP contribution in [-0.2, 0) is 19.0 Å². The smallest absolute Gasteiger partial charge is 0.330 e. The molecule has 0 unspecified atom stereocenters. The molecular formula is C11H15BrN2O7S. The van der Waals surface area contributed by atoms with E-state index >= 15 is 0 Å². The van der Waals surface area contributed by atoms with Gasteiger partial charge in [-0.25, -0.2) is 4.79 Å². The van der Waals surface area contributed by atoms with Crippen LogP contribution in [0.1, 0.15) is 11.8 Å². The van der Waals surface area contributed by atoms with E-state index in [0.717, 1.165) is 10.8 Å². The number of alkyl halides is 1. The average molecular weight is 399 g/mol. The third-order valence-corrected chi connectivity index (χ3v) is 4.85. The number of H-pyrrole nitrogens is 1. The molecule has 4 atom stereocenters. The van der Waals surface area contributed by atoms with Gasteiger partial charge >= 0.3 is 5.69 Å². The number of aromatic amines is 1. The lowest BCUT2D eigenvalue weighted by Gasteiger charge is -2.17. The van der Waals surface area contributed by atoms with Crippen molar-refractivity contribution in [2.24, 2.45) is 0 Å². The van der Waals surface area contributed by atoms with Crippen molar-refractivity contribution in [3.05, 3.63) is 32.6 Å². The summed E-state index contributed by atoms with van der Waals surface area (Å²) in [5.41, 5.74) is -0.984. The summed E-state index contributed by atoms with van der Waals surface area (Å²) in [6, 6.07) is 0. The molecule has 1 aliphatic heterocycles. The van der Waals surface area contributed by atoms with Crippen molar-refractivity contribution in [2.45, 2.75) is 30.2 Å². The molecule has 0 spiro atoms. The highest BCUT2D eigenvalue weighted by molar-refractivity contribution is 9.09. The molecule has 11 heteroatoms. The Kier molecular flexibility index (Phi) is 4.92. The largest absolute Gasteiger partial charge is 0.387 e. The standard InChI is InChI=1S/C11H15BrN2O7S/c1-5-3-14(11(17)13-9(5)16)10-8(15)7(12)6(21-10)4-20-22(2,18)19/h3,6-8,10,15H,4H2,1-2H3,(H,13,16,17)/t6-,7-,8+,10-/m1/s1. The van der Waals surface area contributed by atoms with E-state index in [1.54, 1.807) is 0 Å². The summed E-state index contributed by atoms with van der Waals surface area (Å²) >= 11 is 3.20. The van der Waals surface area contributed by atoms with Crippen molar-refractivity contribution in [3.63, 3.8) is 0 Å². The van der Waals surface area contributed by atoms with Gasteiger partial charge in [0, 0.05) is 11.8 Å². The van der Waals surface area contributed by atoms with E-state index in [0.29, 0.717) is 0 Å². The maximum Gasteiger partial charge on any atom is 0.330 e. The summed E-state index contributed by atoms with van der Waals surface area (Å²) < 4.78 is 33.2. The second kappa shape index (κ2) is 6.24. The van der Waals surface area contributed by atoms with Crippen molar-refractivity contribution in [2.75, 3.05) is 12.9 Å². The summed E-state index contributed by atoms with van der Waals surface area (Å²) in [6.07, 6.45) is -0.811. The van der Waals surface area contributed by atoms with Crippen LogP contribution in [-0.4, -0.2) is 53.0 Å². The Labute approximate surface area is 134 Å². The van der Waals surface area contributed by atoms with Crippen molar-refractivity contribution < 1.29 is 22.4 Å². The van der Waals surface area contributed by atoms with E-state index in [4.69, 9.17) is 4.74 Å². The van der Waals surface area contributed by atoms with Crippen LogP contribution in [0.5, 0.6) is 0 Å². The zero-order chi connectivity index (χ0) is 16.7. The molecule has 1 saturated heterocycles. The highest BCUT2D eigenvalue weighted by atomic mass is 79.9. The third kappa shape index (κ3) is 3.66. The molecule has 1 aromatic heterocycles. The summed E-state index contributed by atoms with van der Waals surface area (Å²) in [6.45, 7) is 1.20.